The third-order valence-electron chi connectivity index (χ3n) is 7.21. The van der Waals surface area contributed by atoms with Crippen molar-refractivity contribution in [2.45, 2.75) is 32.4 Å². The van der Waals surface area contributed by atoms with Crippen molar-refractivity contribution in [2.24, 2.45) is 0 Å². The molecule has 3 heterocycles. The third-order valence-corrected chi connectivity index (χ3v) is 7.56. The minimum atomic E-state index is -0.343. The number of nitrogens with one attached hydrogen (secondary N) is 2. The molecule has 200 valence electrons. The van der Waals surface area contributed by atoms with Crippen molar-refractivity contribution < 1.29 is 9.53 Å². The van der Waals surface area contributed by atoms with Gasteiger partial charge in [0.25, 0.3) is 0 Å². The van der Waals surface area contributed by atoms with Crippen LogP contribution in [0.4, 0.5) is 5.69 Å². The summed E-state index contributed by atoms with van der Waals surface area (Å²) < 4.78 is 7.09. The Kier molecular flexibility index (Phi) is 7.93. The van der Waals surface area contributed by atoms with Crippen molar-refractivity contribution in [3.05, 3.63) is 113 Å². The molecule has 7 nitrogen and oxygen atoms in total. The van der Waals surface area contributed by atoms with Gasteiger partial charge < -0.3 is 24.8 Å². The first-order valence-electron chi connectivity index (χ1n) is 13.1. The van der Waals surface area contributed by atoms with Gasteiger partial charge in [0.15, 0.2) is 5.11 Å². The van der Waals surface area contributed by atoms with Crippen molar-refractivity contribution in [3.63, 3.8) is 0 Å². The van der Waals surface area contributed by atoms with Crippen molar-refractivity contribution in [3.8, 4) is 5.69 Å². The first-order chi connectivity index (χ1) is 19.0. The first kappa shape index (κ1) is 26.4. The zero-order chi connectivity index (χ0) is 27.4. The number of aromatic nitrogens is 2. The molecule has 0 amide bonds. The summed E-state index contributed by atoms with van der Waals surface area (Å²) in [6.45, 7) is 5.89. The number of ether oxygens (including phenoxy) is 1. The molecule has 2 N–H and O–H groups in total. The molecule has 0 spiro atoms. The fraction of sp³-hybridized carbons (Fsp3) is 0.258. The highest BCUT2D eigenvalue weighted by atomic mass is 32.1. The second kappa shape index (κ2) is 11.7. The van der Waals surface area contributed by atoms with E-state index in [1.165, 1.54) is 12.7 Å². The molecular formula is C31H33N5O2S. The maximum atomic E-state index is 11.9. The number of aryl methyl sites for hydroxylation is 1. The molecule has 2 aromatic heterocycles. The quantitative estimate of drug-likeness (QED) is 0.159. The smallest absolute Gasteiger partial charge is 0.337 e. The highest BCUT2D eigenvalue weighted by molar-refractivity contribution is 7.80. The van der Waals surface area contributed by atoms with Gasteiger partial charge in [0, 0.05) is 42.0 Å². The Morgan fingerprint density at radius 1 is 1.05 bits per heavy atom. The van der Waals surface area contributed by atoms with Crippen LogP contribution in [0.2, 0.25) is 0 Å². The zero-order valence-corrected chi connectivity index (χ0v) is 23.2. The molecule has 1 aliphatic heterocycles. The van der Waals surface area contributed by atoms with E-state index in [-0.39, 0.29) is 18.1 Å². The lowest BCUT2D eigenvalue weighted by Gasteiger charge is -2.28. The van der Waals surface area contributed by atoms with Gasteiger partial charge in [-0.2, -0.15) is 0 Å². The number of hydrogen-bond donors (Lipinski definition) is 2. The summed E-state index contributed by atoms with van der Waals surface area (Å²) in [7, 11) is 1.39. The fourth-order valence-electron chi connectivity index (χ4n) is 5.37. The highest BCUT2D eigenvalue weighted by Crippen LogP contribution is 2.41. The summed E-state index contributed by atoms with van der Waals surface area (Å²) in [5.41, 5.74) is 7.03. The van der Waals surface area contributed by atoms with Gasteiger partial charge in [-0.05, 0) is 92.6 Å². The summed E-state index contributed by atoms with van der Waals surface area (Å²) in [6, 6.07) is 25.9. The average Bonchev–Trinajstić information content (AvgIpc) is 3.45. The molecule has 5 rings (SSSR count). The summed E-state index contributed by atoms with van der Waals surface area (Å²) >= 11 is 5.88. The van der Waals surface area contributed by atoms with E-state index in [1.54, 1.807) is 12.1 Å². The van der Waals surface area contributed by atoms with Crippen LogP contribution in [0.15, 0.2) is 85.1 Å². The van der Waals surface area contributed by atoms with Gasteiger partial charge in [-0.1, -0.05) is 24.3 Å². The number of rotatable bonds is 9. The lowest BCUT2D eigenvalue weighted by atomic mass is 9.96. The lowest BCUT2D eigenvalue weighted by molar-refractivity contribution is 0.0600. The highest BCUT2D eigenvalue weighted by Gasteiger charge is 2.41. The molecule has 39 heavy (non-hydrogen) atoms. The Morgan fingerprint density at radius 2 is 1.79 bits per heavy atom. The maximum Gasteiger partial charge on any atom is 0.337 e. The van der Waals surface area contributed by atoms with E-state index in [2.05, 4.69) is 63.2 Å². The molecule has 0 aliphatic carbocycles. The Morgan fingerprint density at radius 3 is 2.49 bits per heavy atom. The minimum absolute atomic E-state index is 0.0154. The number of methoxy groups -OCH3 is 1. The van der Waals surface area contributed by atoms with Gasteiger partial charge in [0.2, 0.25) is 0 Å². The van der Waals surface area contributed by atoms with E-state index in [4.69, 9.17) is 17.0 Å². The molecule has 1 saturated heterocycles. The number of para-hydroxylation sites is 1. The van der Waals surface area contributed by atoms with E-state index in [0.717, 1.165) is 53.1 Å². The number of hydrogen-bond acceptors (Lipinski definition) is 5. The Labute approximate surface area is 234 Å². The second-order valence-electron chi connectivity index (χ2n) is 9.67. The monoisotopic (exact) mass is 539 g/mol. The van der Waals surface area contributed by atoms with Crippen LogP contribution >= 0.6 is 12.2 Å². The van der Waals surface area contributed by atoms with Gasteiger partial charge in [0.05, 0.1) is 30.5 Å². The number of nitrogens with zero attached hydrogens (tertiary/aromatic N) is 3. The van der Waals surface area contributed by atoms with E-state index < -0.39 is 0 Å². The van der Waals surface area contributed by atoms with Gasteiger partial charge >= 0.3 is 5.97 Å². The molecule has 1 aliphatic rings. The predicted octanol–water partition coefficient (Wildman–Crippen LogP) is 5.75. The van der Waals surface area contributed by atoms with Gasteiger partial charge in [0.1, 0.15) is 0 Å². The number of thiocarbonyl (C=S) groups is 1. The SMILES string of the molecule is COC(=O)c1ccc(-n2c(C)cc(C3C(c4ccccn4)NC(=S)N3CCCNc3ccccc3)c2C)cc1. The van der Waals surface area contributed by atoms with E-state index in [1.807, 2.05) is 48.7 Å². The van der Waals surface area contributed by atoms with Gasteiger partial charge in [-0.15, -0.1) is 0 Å². The molecule has 0 radical (unpaired) electrons. The van der Waals surface area contributed by atoms with Gasteiger partial charge in [-0.25, -0.2) is 4.79 Å². The molecular weight excluding hydrogens is 506 g/mol. The topological polar surface area (TPSA) is 71.4 Å². The van der Waals surface area contributed by atoms with Crippen LogP contribution < -0.4 is 10.6 Å². The second-order valence-corrected chi connectivity index (χ2v) is 10.1. The largest absolute Gasteiger partial charge is 0.465 e. The number of pyridine rings is 1. The number of carbonyl (C=O) groups is 1. The van der Waals surface area contributed by atoms with Crippen LogP contribution in [-0.4, -0.2) is 45.7 Å². The van der Waals surface area contributed by atoms with Crippen molar-refractivity contribution >= 4 is 29.0 Å². The Balaban J connectivity index is 1.45. The molecule has 0 bridgehead atoms. The number of benzene rings is 2. The minimum Gasteiger partial charge on any atom is -0.465 e. The standard InChI is InChI=1S/C31H33N5O2S/c1-21-20-26(22(2)36(21)25-15-13-23(14-16-25)30(37)38-3)29-28(27-12-7-8-17-33-27)34-31(39)35(29)19-9-18-32-24-10-5-4-6-11-24/h4-8,10-17,20,28-29,32H,9,18-19H2,1-3H3,(H,34,39). The van der Waals surface area contributed by atoms with Crippen LogP contribution in [0.1, 0.15) is 51.5 Å². The molecule has 1 fully saturated rings. The molecule has 0 saturated carbocycles. The Bertz CT molecular complexity index is 1440. The van der Waals surface area contributed by atoms with Gasteiger partial charge in [-0.3, -0.25) is 4.98 Å². The van der Waals surface area contributed by atoms with Crippen LogP contribution in [0.5, 0.6) is 0 Å². The molecule has 2 unspecified atom stereocenters. The molecule has 8 heteroatoms. The van der Waals surface area contributed by atoms with Crippen LogP contribution in [0.25, 0.3) is 5.69 Å². The van der Waals surface area contributed by atoms with Crippen molar-refractivity contribution in [2.75, 3.05) is 25.5 Å². The molecule has 4 aromatic rings. The average molecular weight is 540 g/mol. The number of anilines is 1. The Hall–Kier alpha value is -4.17. The van der Waals surface area contributed by atoms with E-state index in [9.17, 15) is 4.79 Å². The first-order valence-corrected chi connectivity index (χ1v) is 13.5. The normalized spacial score (nSPS) is 16.7. The lowest BCUT2D eigenvalue weighted by Crippen LogP contribution is -2.31. The molecule has 2 atom stereocenters. The zero-order valence-electron chi connectivity index (χ0n) is 22.4. The third kappa shape index (κ3) is 5.52. The van der Waals surface area contributed by atoms with E-state index in [0.29, 0.717) is 5.56 Å². The number of carbonyl (C=O) groups excluding carboxylic acids is 1. The summed E-state index contributed by atoms with van der Waals surface area (Å²) in [5, 5.41) is 7.81. The summed E-state index contributed by atoms with van der Waals surface area (Å²) in [6.07, 6.45) is 2.76. The fourth-order valence-corrected chi connectivity index (χ4v) is 5.70. The van der Waals surface area contributed by atoms with Crippen molar-refractivity contribution in [1.29, 1.82) is 0 Å². The van der Waals surface area contributed by atoms with Crippen LogP contribution in [0, 0.1) is 13.8 Å². The number of esters is 1. The summed E-state index contributed by atoms with van der Waals surface area (Å²) in [4.78, 5) is 18.9. The van der Waals surface area contributed by atoms with Crippen molar-refractivity contribution in [1.82, 2.24) is 19.8 Å². The van der Waals surface area contributed by atoms with E-state index >= 15 is 0 Å². The maximum absolute atomic E-state index is 11.9. The summed E-state index contributed by atoms with van der Waals surface area (Å²) in [5.74, 6) is -0.343. The van der Waals surface area contributed by atoms with Crippen LogP contribution in [0.3, 0.4) is 0 Å². The molecule has 2 aromatic carbocycles. The predicted molar refractivity (Wildman–Crippen MR) is 158 cm³/mol. The van der Waals surface area contributed by atoms with Crippen LogP contribution in [-0.2, 0) is 4.74 Å².